The van der Waals surface area contributed by atoms with Crippen molar-refractivity contribution in [3.63, 3.8) is 0 Å². The maximum absolute atomic E-state index is 14.1. The largest absolute Gasteiger partial charge is 0.439 e. The van der Waals surface area contributed by atoms with E-state index in [2.05, 4.69) is 10.4 Å². The number of rotatable bonds is 5. The van der Waals surface area contributed by atoms with Crippen molar-refractivity contribution >= 4 is 0 Å². The van der Waals surface area contributed by atoms with Crippen LogP contribution < -0.4 is 10.1 Å². The van der Waals surface area contributed by atoms with Gasteiger partial charge in [0, 0.05) is 24.7 Å². The summed E-state index contributed by atoms with van der Waals surface area (Å²) in [6.07, 6.45) is 0. The highest BCUT2D eigenvalue weighted by Crippen LogP contribution is 2.31. The van der Waals surface area contributed by atoms with Gasteiger partial charge in [0.05, 0.1) is 5.69 Å². The maximum atomic E-state index is 14.1. The summed E-state index contributed by atoms with van der Waals surface area (Å²) in [6.45, 7) is 6.56. The van der Waals surface area contributed by atoms with Crippen LogP contribution in [0.2, 0.25) is 0 Å². The van der Waals surface area contributed by atoms with Gasteiger partial charge in [-0.2, -0.15) is 5.10 Å². The highest BCUT2D eigenvalue weighted by molar-refractivity contribution is 5.39. The van der Waals surface area contributed by atoms with E-state index in [1.165, 1.54) is 6.07 Å². The van der Waals surface area contributed by atoms with E-state index in [-0.39, 0.29) is 11.9 Å². The van der Waals surface area contributed by atoms with Gasteiger partial charge >= 0.3 is 0 Å². The van der Waals surface area contributed by atoms with Gasteiger partial charge in [-0.3, -0.25) is 0 Å². The van der Waals surface area contributed by atoms with Crippen molar-refractivity contribution in [3.8, 4) is 11.6 Å². The molecule has 0 aliphatic carbocycles. The predicted molar refractivity (Wildman–Crippen MR) is 76.5 cm³/mol. The lowest BCUT2D eigenvalue weighted by atomic mass is 10.1. The van der Waals surface area contributed by atoms with E-state index in [9.17, 15) is 4.39 Å². The molecule has 1 heterocycles. The summed E-state index contributed by atoms with van der Waals surface area (Å²) in [4.78, 5) is 0. The molecule has 0 amide bonds. The molecule has 20 heavy (non-hydrogen) atoms. The van der Waals surface area contributed by atoms with Crippen LogP contribution in [0.25, 0.3) is 0 Å². The number of nitrogens with one attached hydrogen (secondary N) is 1. The Labute approximate surface area is 118 Å². The molecule has 1 unspecified atom stereocenters. The van der Waals surface area contributed by atoms with E-state index < -0.39 is 0 Å². The molecule has 4 nitrogen and oxygen atoms in total. The normalized spacial score (nSPS) is 12.4. The number of halogens is 1. The number of aryl methyl sites for hydroxylation is 2. The Morgan fingerprint density at radius 2 is 2.20 bits per heavy atom. The second-order valence-corrected chi connectivity index (χ2v) is 4.78. The summed E-state index contributed by atoms with van der Waals surface area (Å²) in [5, 5.41) is 7.43. The molecule has 108 valence electrons. The zero-order valence-electron chi connectivity index (χ0n) is 12.3. The van der Waals surface area contributed by atoms with Crippen LogP contribution in [0.5, 0.6) is 11.6 Å². The Bertz CT molecular complexity index is 595. The zero-order valence-corrected chi connectivity index (χ0v) is 12.3. The molecule has 2 aromatic rings. The smallest absolute Gasteiger partial charge is 0.217 e. The molecular formula is C15H20FN3O. The molecule has 5 heteroatoms. The molecule has 2 rings (SSSR count). The van der Waals surface area contributed by atoms with Gasteiger partial charge in [-0.15, -0.1) is 0 Å². The fourth-order valence-electron chi connectivity index (χ4n) is 2.23. The highest BCUT2D eigenvalue weighted by Gasteiger charge is 2.17. The van der Waals surface area contributed by atoms with Crippen molar-refractivity contribution in [2.45, 2.75) is 26.8 Å². The van der Waals surface area contributed by atoms with E-state index in [1.807, 2.05) is 26.8 Å². The quantitative estimate of drug-likeness (QED) is 0.911. The Morgan fingerprint density at radius 1 is 1.45 bits per heavy atom. The average molecular weight is 277 g/mol. The standard InChI is InChI=1S/C15H20FN3O/c1-5-17-11(3)15-12(16)7-6-8-13(15)20-14-9-10(2)18-19(14)4/h6-9,11,17H,5H2,1-4H3. The van der Waals surface area contributed by atoms with E-state index in [0.717, 1.165) is 12.2 Å². The lowest BCUT2D eigenvalue weighted by Gasteiger charge is -2.18. The van der Waals surface area contributed by atoms with Gasteiger partial charge in [0.15, 0.2) is 0 Å². The minimum atomic E-state index is -0.269. The first-order valence-electron chi connectivity index (χ1n) is 6.73. The van der Waals surface area contributed by atoms with E-state index in [1.54, 1.807) is 23.9 Å². The number of nitrogens with zero attached hydrogens (tertiary/aromatic N) is 2. The van der Waals surface area contributed by atoms with E-state index in [0.29, 0.717) is 17.2 Å². The molecule has 0 fully saturated rings. The van der Waals surface area contributed by atoms with Gasteiger partial charge in [0.2, 0.25) is 5.88 Å². The van der Waals surface area contributed by atoms with Crippen molar-refractivity contribution < 1.29 is 9.13 Å². The summed E-state index contributed by atoms with van der Waals surface area (Å²) in [5.41, 5.74) is 1.40. The van der Waals surface area contributed by atoms with Gasteiger partial charge in [-0.1, -0.05) is 13.0 Å². The van der Waals surface area contributed by atoms with Gasteiger partial charge in [-0.05, 0) is 32.5 Å². The van der Waals surface area contributed by atoms with Gasteiger partial charge in [0.1, 0.15) is 11.6 Å². The van der Waals surface area contributed by atoms with Crippen LogP contribution in [-0.2, 0) is 7.05 Å². The van der Waals surface area contributed by atoms with E-state index >= 15 is 0 Å². The molecule has 0 aliphatic heterocycles. The summed E-state index contributed by atoms with van der Waals surface area (Å²) in [5.74, 6) is 0.842. The van der Waals surface area contributed by atoms with Crippen LogP contribution in [0.15, 0.2) is 24.3 Å². The Balaban J connectivity index is 2.36. The fraction of sp³-hybridized carbons (Fsp3) is 0.400. The summed E-state index contributed by atoms with van der Waals surface area (Å²) in [6, 6.07) is 6.58. The molecule has 1 aromatic heterocycles. The van der Waals surface area contributed by atoms with Crippen LogP contribution in [0.1, 0.15) is 31.1 Å². The third kappa shape index (κ3) is 2.99. The molecular weight excluding hydrogens is 257 g/mol. The van der Waals surface area contributed by atoms with Crippen LogP contribution in [0.4, 0.5) is 4.39 Å². The first-order valence-corrected chi connectivity index (χ1v) is 6.73. The van der Waals surface area contributed by atoms with Crippen LogP contribution in [-0.4, -0.2) is 16.3 Å². The van der Waals surface area contributed by atoms with Crippen molar-refractivity contribution in [2.24, 2.45) is 7.05 Å². The number of ether oxygens (including phenoxy) is 1. The molecule has 0 aliphatic rings. The number of hydrogen-bond donors (Lipinski definition) is 1. The predicted octanol–water partition coefficient (Wildman–Crippen LogP) is 3.33. The third-order valence-corrected chi connectivity index (χ3v) is 3.13. The summed E-state index contributed by atoms with van der Waals surface area (Å²) in [7, 11) is 1.80. The second-order valence-electron chi connectivity index (χ2n) is 4.78. The van der Waals surface area contributed by atoms with Crippen molar-refractivity contribution in [1.29, 1.82) is 0 Å². The van der Waals surface area contributed by atoms with Gasteiger partial charge in [-0.25, -0.2) is 9.07 Å². The van der Waals surface area contributed by atoms with Crippen molar-refractivity contribution in [3.05, 3.63) is 41.3 Å². The second kappa shape index (κ2) is 6.05. The average Bonchev–Trinajstić information content (AvgIpc) is 2.68. The van der Waals surface area contributed by atoms with Crippen LogP contribution in [0, 0.1) is 12.7 Å². The number of hydrogen-bond acceptors (Lipinski definition) is 3. The molecule has 0 bridgehead atoms. The number of benzene rings is 1. The van der Waals surface area contributed by atoms with Crippen molar-refractivity contribution in [2.75, 3.05) is 6.54 Å². The maximum Gasteiger partial charge on any atom is 0.217 e. The summed E-state index contributed by atoms with van der Waals surface area (Å²) < 4.78 is 21.6. The van der Waals surface area contributed by atoms with Gasteiger partial charge in [0.25, 0.3) is 0 Å². The molecule has 0 spiro atoms. The monoisotopic (exact) mass is 277 g/mol. The van der Waals surface area contributed by atoms with E-state index in [4.69, 9.17) is 4.74 Å². The van der Waals surface area contributed by atoms with Gasteiger partial charge < -0.3 is 10.1 Å². The van der Waals surface area contributed by atoms with Crippen LogP contribution >= 0.6 is 0 Å². The fourth-order valence-corrected chi connectivity index (χ4v) is 2.23. The first kappa shape index (κ1) is 14.5. The first-order chi connectivity index (χ1) is 9.52. The Kier molecular flexibility index (Phi) is 4.39. The molecule has 0 radical (unpaired) electrons. The third-order valence-electron chi connectivity index (χ3n) is 3.13. The summed E-state index contributed by atoms with van der Waals surface area (Å²) >= 11 is 0. The molecule has 1 N–H and O–H groups in total. The topological polar surface area (TPSA) is 39.1 Å². The molecule has 1 aromatic carbocycles. The minimum Gasteiger partial charge on any atom is -0.439 e. The minimum absolute atomic E-state index is 0.120. The zero-order chi connectivity index (χ0) is 14.7. The number of aromatic nitrogens is 2. The molecule has 0 saturated carbocycles. The highest BCUT2D eigenvalue weighted by atomic mass is 19.1. The lowest BCUT2D eigenvalue weighted by molar-refractivity contribution is 0.411. The molecule has 1 atom stereocenters. The van der Waals surface area contributed by atoms with Crippen molar-refractivity contribution in [1.82, 2.24) is 15.1 Å². The lowest BCUT2D eigenvalue weighted by Crippen LogP contribution is -2.19. The van der Waals surface area contributed by atoms with Crippen LogP contribution in [0.3, 0.4) is 0 Å². The Hall–Kier alpha value is -1.88. The SMILES string of the molecule is CCNC(C)c1c(F)cccc1Oc1cc(C)nn1C. The molecule has 0 saturated heterocycles. The Morgan fingerprint density at radius 3 is 2.80 bits per heavy atom.